The van der Waals surface area contributed by atoms with E-state index in [1.807, 2.05) is 23.5 Å². The molecule has 1 N–H and O–H groups in total. The highest BCUT2D eigenvalue weighted by Gasteiger charge is 2.22. The molecule has 0 amide bonds. The first-order valence-corrected chi connectivity index (χ1v) is 7.70. The van der Waals surface area contributed by atoms with Crippen molar-refractivity contribution in [2.24, 2.45) is 0 Å². The van der Waals surface area contributed by atoms with E-state index in [1.54, 1.807) is 14.2 Å². The fraction of sp³-hybridized carbons (Fsp3) is 0.375. The maximum Gasteiger partial charge on any atom is 0.122 e. The second-order valence-corrected chi connectivity index (χ2v) is 5.94. The van der Waals surface area contributed by atoms with Crippen molar-refractivity contribution < 1.29 is 9.47 Å². The lowest BCUT2D eigenvalue weighted by Gasteiger charge is -2.25. The van der Waals surface area contributed by atoms with Crippen molar-refractivity contribution >= 4 is 11.3 Å². The van der Waals surface area contributed by atoms with Crippen molar-refractivity contribution in [3.63, 3.8) is 0 Å². The van der Waals surface area contributed by atoms with Crippen LogP contribution in [0.5, 0.6) is 11.5 Å². The lowest BCUT2D eigenvalue weighted by Crippen LogP contribution is -2.30. The van der Waals surface area contributed by atoms with Crippen LogP contribution in [0.25, 0.3) is 0 Å². The lowest BCUT2D eigenvalue weighted by molar-refractivity contribution is 0.394. The van der Waals surface area contributed by atoms with Crippen molar-refractivity contribution in [3.8, 4) is 11.5 Å². The van der Waals surface area contributed by atoms with Crippen LogP contribution in [-0.4, -0.2) is 20.8 Å². The maximum absolute atomic E-state index is 5.48. The van der Waals surface area contributed by atoms with Crippen LogP contribution >= 0.6 is 11.3 Å². The SMILES string of the molecule is COc1ccc(OC)c(C[C@@H]2NCCc3sccc32)c1. The number of fused-ring (bicyclic) bond motifs is 1. The van der Waals surface area contributed by atoms with E-state index in [0.29, 0.717) is 6.04 Å². The van der Waals surface area contributed by atoms with Crippen molar-refractivity contribution in [3.05, 3.63) is 45.6 Å². The molecular formula is C16H19NO2S. The summed E-state index contributed by atoms with van der Waals surface area (Å²) in [6.45, 7) is 1.05. The fourth-order valence-electron chi connectivity index (χ4n) is 2.78. The molecule has 1 aromatic carbocycles. The van der Waals surface area contributed by atoms with Crippen LogP contribution < -0.4 is 14.8 Å². The zero-order valence-electron chi connectivity index (χ0n) is 11.8. The Morgan fingerprint density at radius 2 is 2.15 bits per heavy atom. The number of benzene rings is 1. The third-order valence-corrected chi connectivity index (χ3v) is 4.81. The van der Waals surface area contributed by atoms with Crippen molar-refractivity contribution in [1.29, 1.82) is 0 Å². The van der Waals surface area contributed by atoms with E-state index in [4.69, 9.17) is 9.47 Å². The van der Waals surface area contributed by atoms with Gasteiger partial charge >= 0.3 is 0 Å². The summed E-state index contributed by atoms with van der Waals surface area (Å²) >= 11 is 1.86. The van der Waals surface area contributed by atoms with Gasteiger partial charge in [0, 0.05) is 17.5 Å². The monoisotopic (exact) mass is 289 g/mol. The highest BCUT2D eigenvalue weighted by atomic mass is 32.1. The average Bonchev–Trinajstić information content (AvgIpc) is 2.96. The molecule has 1 aliphatic heterocycles. The molecular weight excluding hydrogens is 270 g/mol. The highest BCUT2D eigenvalue weighted by molar-refractivity contribution is 7.10. The van der Waals surface area contributed by atoms with E-state index in [0.717, 1.165) is 30.9 Å². The molecule has 0 radical (unpaired) electrons. The Morgan fingerprint density at radius 3 is 2.95 bits per heavy atom. The fourth-order valence-corrected chi connectivity index (χ4v) is 3.72. The van der Waals surface area contributed by atoms with Crippen LogP contribution in [0, 0.1) is 0 Å². The highest BCUT2D eigenvalue weighted by Crippen LogP contribution is 2.33. The first kappa shape index (κ1) is 13.5. The van der Waals surface area contributed by atoms with Gasteiger partial charge in [-0.2, -0.15) is 0 Å². The molecule has 0 saturated carbocycles. The van der Waals surface area contributed by atoms with Gasteiger partial charge in [-0.05, 0) is 53.6 Å². The quantitative estimate of drug-likeness (QED) is 0.937. The Labute approximate surface area is 123 Å². The van der Waals surface area contributed by atoms with Gasteiger partial charge < -0.3 is 14.8 Å². The number of hydrogen-bond donors (Lipinski definition) is 1. The van der Waals surface area contributed by atoms with Crippen molar-refractivity contribution in [2.45, 2.75) is 18.9 Å². The molecule has 1 atom stereocenters. The Bertz CT molecular complexity index is 594. The summed E-state index contributed by atoms with van der Waals surface area (Å²) in [5.74, 6) is 1.80. The second-order valence-electron chi connectivity index (χ2n) is 4.94. The molecule has 4 heteroatoms. The predicted molar refractivity (Wildman–Crippen MR) is 82.0 cm³/mol. The molecule has 1 aromatic heterocycles. The Kier molecular flexibility index (Phi) is 3.94. The van der Waals surface area contributed by atoms with Gasteiger partial charge in [-0.25, -0.2) is 0 Å². The van der Waals surface area contributed by atoms with Crippen LogP contribution in [0.3, 0.4) is 0 Å². The molecule has 3 rings (SSSR count). The third kappa shape index (κ3) is 2.53. The smallest absolute Gasteiger partial charge is 0.122 e. The Hall–Kier alpha value is -1.52. The summed E-state index contributed by atoms with van der Waals surface area (Å²) in [4.78, 5) is 1.51. The largest absolute Gasteiger partial charge is 0.497 e. The molecule has 3 nitrogen and oxygen atoms in total. The first-order chi connectivity index (χ1) is 9.81. The number of nitrogens with one attached hydrogen (secondary N) is 1. The molecule has 0 unspecified atom stereocenters. The minimum Gasteiger partial charge on any atom is -0.497 e. The molecule has 0 saturated heterocycles. The zero-order chi connectivity index (χ0) is 13.9. The van der Waals surface area contributed by atoms with Crippen molar-refractivity contribution in [1.82, 2.24) is 5.32 Å². The Morgan fingerprint density at radius 1 is 1.25 bits per heavy atom. The molecule has 0 fully saturated rings. The molecule has 2 heterocycles. The normalized spacial score (nSPS) is 17.6. The molecule has 1 aliphatic rings. The van der Waals surface area contributed by atoms with Gasteiger partial charge in [-0.15, -0.1) is 11.3 Å². The molecule has 0 spiro atoms. The molecule has 0 aliphatic carbocycles. The maximum atomic E-state index is 5.48. The lowest BCUT2D eigenvalue weighted by atomic mass is 9.95. The minimum atomic E-state index is 0.367. The van der Waals surface area contributed by atoms with Crippen LogP contribution in [0.1, 0.15) is 22.0 Å². The molecule has 0 bridgehead atoms. The molecule has 20 heavy (non-hydrogen) atoms. The van der Waals surface area contributed by atoms with Crippen LogP contribution in [0.2, 0.25) is 0 Å². The van der Waals surface area contributed by atoms with E-state index < -0.39 is 0 Å². The van der Waals surface area contributed by atoms with E-state index in [9.17, 15) is 0 Å². The van der Waals surface area contributed by atoms with Gasteiger partial charge in [0.15, 0.2) is 0 Å². The predicted octanol–water partition coefficient (Wildman–Crippen LogP) is 3.19. The van der Waals surface area contributed by atoms with Gasteiger partial charge in [0.05, 0.1) is 14.2 Å². The number of hydrogen-bond acceptors (Lipinski definition) is 4. The van der Waals surface area contributed by atoms with Gasteiger partial charge in [0.2, 0.25) is 0 Å². The summed E-state index contributed by atoms with van der Waals surface area (Å²) in [7, 11) is 3.41. The summed E-state index contributed by atoms with van der Waals surface area (Å²) in [5.41, 5.74) is 2.62. The van der Waals surface area contributed by atoms with E-state index in [1.165, 1.54) is 16.0 Å². The summed E-state index contributed by atoms with van der Waals surface area (Å²) < 4.78 is 10.8. The van der Waals surface area contributed by atoms with Crippen LogP contribution in [0.4, 0.5) is 0 Å². The van der Waals surface area contributed by atoms with Crippen LogP contribution in [-0.2, 0) is 12.8 Å². The second kappa shape index (κ2) is 5.85. The average molecular weight is 289 g/mol. The van der Waals surface area contributed by atoms with E-state index in [-0.39, 0.29) is 0 Å². The van der Waals surface area contributed by atoms with Gasteiger partial charge in [-0.1, -0.05) is 0 Å². The zero-order valence-corrected chi connectivity index (χ0v) is 12.6. The number of methoxy groups -OCH3 is 2. The molecule has 106 valence electrons. The molecule has 2 aromatic rings. The third-order valence-electron chi connectivity index (χ3n) is 3.81. The number of thiophene rings is 1. The van der Waals surface area contributed by atoms with E-state index >= 15 is 0 Å². The number of ether oxygens (including phenoxy) is 2. The summed E-state index contributed by atoms with van der Waals surface area (Å²) in [6, 6.07) is 8.59. The first-order valence-electron chi connectivity index (χ1n) is 6.82. The standard InChI is InChI=1S/C16H19NO2S/c1-18-12-3-4-15(19-2)11(9-12)10-14-13-6-8-20-16(13)5-7-17-14/h3-4,6,8-9,14,17H,5,7,10H2,1-2H3/t14-/m0/s1. The van der Waals surface area contributed by atoms with E-state index in [2.05, 4.69) is 22.8 Å². The Balaban J connectivity index is 1.88. The van der Waals surface area contributed by atoms with Gasteiger partial charge in [-0.3, -0.25) is 0 Å². The van der Waals surface area contributed by atoms with Crippen LogP contribution in [0.15, 0.2) is 29.6 Å². The minimum absolute atomic E-state index is 0.367. The van der Waals surface area contributed by atoms with Gasteiger partial charge in [0.1, 0.15) is 11.5 Å². The van der Waals surface area contributed by atoms with Gasteiger partial charge in [0.25, 0.3) is 0 Å². The summed E-state index contributed by atoms with van der Waals surface area (Å²) in [5, 5.41) is 5.80. The summed E-state index contributed by atoms with van der Waals surface area (Å²) in [6.07, 6.45) is 2.06. The topological polar surface area (TPSA) is 30.5 Å². The number of rotatable bonds is 4. The van der Waals surface area contributed by atoms with Crippen molar-refractivity contribution in [2.75, 3.05) is 20.8 Å².